The largest absolute Gasteiger partial charge is 0.330 e. The molecule has 0 atom stereocenters. The van der Waals surface area contributed by atoms with E-state index >= 15 is 0 Å². The first kappa shape index (κ1) is 11.9. The van der Waals surface area contributed by atoms with Crippen molar-refractivity contribution in [2.45, 2.75) is 19.6 Å². The van der Waals surface area contributed by atoms with Crippen LogP contribution in [0.4, 0.5) is 0 Å². The van der Waals surface area contributed by atoms with Crippen LogP contribution in [-0.4, -0.2) is 10.8 Å². The summed E-state index contributed by atoms with van der Waals surface area (Å²) in [5.41, 5.74) is 9.81. The molecule has 3 nitrogen and oxygen atoms in total. The number of benzene rings is 2. The summed E-state index contributed by atoms with van der Waals surface area (Å²) in [7, 11) is 0. The third-order valence-electron chi connectivity index (χ3n) is 3.54. The third kappa shape index (κ3) is 2.25. The summed E-state index contributed by atoms with van der Waals surface area (Å²) in [5, 5.41) is 0. The molecule has 1 heterocycles. The maximum absolute atomic E-state index is 12.5. The van der Waals surface area contributed by atoms with Crippen molar-refractivity contribution >= 4 is 5.91 Å². The summed E-state index contributed by atoms with van der Waals surface area (Å²) in [5.74, 6) is 0.0755. The molecule has 1 aliphatic rings. The van der Waals surface area contributed by atoms with E-state index in [4.69, 9.17) is 5.73 Å². The van der Waals surface area contributed by atoms with Crippen molar-refractivity contribution < 1.29 is 4.79 Å². The standard InChI is InChI=1S/C16H16N2O/c17-9-12-4-3-7-13(8-12)16(19)18-10-14-5-1-2-6-15(14)11-18/h1-8H,9-11,17H2. The van der Waals surface area contributed by atoms with E-state index in [0.717, 1.165) is 11.1 Å². The van der Waals surface area contributed by atoms with Gasteiger partial charge in [0.2, 0.25) is 0 Å². The number of amides is 1. The maximum Gasteiger partial charge on any atom is 0.254 e. The Bertz CT molecular complexity index is 597. The lowest BCUT2D eigenvalue weighted by atomic mass is 10.1. The highest BCUT2D eigenvalue weighted by Crippen LogP contribution is 2.24. The lowest BCUT2D eigenvalue weighted by molar-refractivity contribution is 0.0751. The van der Waals surface area contributed by atoms with E-state index in [0.29, 0.717) is 19.6 Å². The summed E-state index contributed by atoms with van der Waals surface area (Å²) >= 11 is 0. The second kappa shape index (κ2) is 4.86. The third-order valence-corrected chi connectivity index (χ3v) is 3.54. The molecule has 3 rings (SSSR count). The lowest BCUT2D eigenvalue weighted by Gasteiger charge is -2.15. The summed E-state index contributed by atoms with van der Waals surface area (Å²) in [6.07, 6.45) is 0. The summed E-state index contributed by atoms with van der Waals surface area (Å²) in [4.78, 5) is 14.3. The van der Waals surface area contributed by atoms with Crippen molar-refractivity contribution in [3.63, 3.8) is 0 Å². The molecule has 2 N–H and O–H groups in total. The first-order valence-corrected chi connectivity index (χ1v) is 6.43. The molecule has 0 saturated heterocycles. The number of hydrogen-bond acceptors (Lipinski definition) is 2. The Morgan fingerprint density at radius 3 is 2.37 bits per heavy atom. The number of fused-ring (bicyclic) bond motifs is 1. The molecule has 0 aromatic heterocycles. The van der Waals surface area contributed by atoms with Gasteiger partial charge in [0.05, 0.1) is 0 Å². The summed E-state index contributed by atoms with van der Waals surface area (Å²) in [6, 6.07) is 15.8. The Morgan fingerprint density at radius 1 is 1.05 bits per heavy atom. The van der Waals surface area contributed by atoms with E-state index < -0.39 is 0 Å². The smallest absolute Gasteiger partial charge is 0.254 e. The van der Waals surface area contributed by atoms with E-state index in [2.05, 4.69) is 12.1 Å². The fourth-order valence-corrected chi connectivity index (χ4v) is 2.49. The Labute approximate surface area is 112 Å². The SMILES string of the molecule is NCc1cccc(C(=O)N2Cc3ccccc3C2)c1. The second-order valence-electron chi connectivity index (χ2n) is 4.83. The van der Waals surface area contributed by atoms with Crippen LogP contribution in [0.15, 0.2) is 48.5 Å². The monoisotopic (exact) mass is 252 g/mol. The second-order valence-corrected chi connectivity index (χ2v) is 4.83. The van der Waals surface area contributed by atoms with Crippen molar-refractivity contribution in [3.05, 3.63) is 70.8 Å². The number of rotatable bonds is 2. The van der Waals surface area contributed by atoms with Gasteiger partial charge in [-0.2, -0.15) is 0 Å². The minimum atomic E-state index is 0.0755. The maximum atomic E-state index is 12.5. The Kier molecular flexibility index (Phi) is 3.05. The van der Waals surface area contributed by atoms with Crippen LogP contribution < -0.4 is 5.73 Å². The van der Waals surface area contributed by atoms with Gasteiger partial charge in [-0.25, -0.2) is 0 Å². The molecule has 0 fully saturated rings. The van der Waals surface area contributed by atoms with Gasteiger partial charge in [-0.05, 0) is 28.8 Å². The van der Waals surface area contributed by atoms with Gasteiger partial charge < -0.3 is 10.6 Å². The van der Waals surface area contributed by atoms with Gasteiger partial charge >= 0.3 is 0 Å². The summed E-state index contributed by atoms with van der Waals surface area (Å²) in [6.45, 7) is 1.85. The van der Waals surface area contributed by atoms with Gasteiger partial charge in [-0.15, -0.1) is 0 Å². The number of nitrogens with two attached hydrogens (primary N) is 1. The molecule has 96 valence electrons. The molecule has 2 aromatic rings. The van der Waals surface area contributed by atoms with Crippen LogP contribution in [0.3, 0.4) is 0 Å². The molecule has 0 bridgehead atoms. The van der Waals surface area contributed by atoms with Crippen LogP contribution in [-0.2, 0) is 19.6 Å². The molecule has 0 aliphatic carbocycles. The molecule has 19 heavy (non-hydrogen) atoms. The molecular weight excluding hydrogens is 236 g/mol. The first-order valence-electron chi connectivity index (χ1n) is 6.43. The number of hydrogen-bond donors (Lipinski definition) is 1. The number of carbonyl (C=O) groups excluding carboxylic acids is 1. The van der Waals surface area contributed by atoms with Crippen LogP contribution in [0.1, 0.15) is 27.0 Å². The van der Waals surface area contributed by atoms with Gasteiger partial charge in [0.25, 0.3) is 5.91 Å². The predicted octanol–water partition coefficient (Wildman–Crippen LogP) is 2.30. The Morgan fingerprint density at radius 2 is 1.74 bits per heavy atom. The highest BCUT2D eigenvalue weighted by Gasteiger charge is 2.23. The molecule has 2 aromatic carbocycles. The van der Waals surface area contributed by atoms with Crippen LogP contribution in [0, 0.1) is 0 Å². The average Bonchev–Trinajstić information content (AvgIpc) is 2.90. The molecule has 0 spiro atoms. The van der Waals surface area contributed by atoms with Crippen LogP contribution >= 0.6 is 0 Å². The first-order chi connectivity index (χ1) is 9.28. The van der Waals surface area contributed by atoms with Gasteiger partial charge in [0.1, 0.15) is 0 Å². The van der Waals surface area contributed by atoms with Gasteiger partial charge in [-0.3, -0.25) is 4.79 Å². The molecule has 0 unspecified atom stereocenters. The minimum Gasteiger partial charge on any atom is -0.330 e. The van der Waals surface area contributed by atoms with Crippen molar-refractivity contribution in [2.75, 3.05) is 0 Å². The molecule has 0 radical (unpaired) electrons. The van der Waals surface area contributed by atoms with E-state index in [1.54, 1.807) is 0 Å². The zero-order valence-corrected chi connectivity index (χ0v) is 10.7. The summed E-state index contributed by atoms with van der Waals surface area (Å²) < 4.78 is 0. The molecule has 3 heteroatoms. The van der Waals surface area contributed by atoms with Gasteiger partial charge in [-0.1, -0.05) is 36.4 Å². The van der Waals surface area contributed by atoms with Crippen LogP contribution in [0.25, 0.3) is 0 Å². The zero-order chi connectivity index (χ0) is 13.2. The highest BCUT2D eigenvalue weighted by molar-refractivity contribution is 5.94. The number of carbonyl (C=O) groups is 1. The fraction of sp³-hybridized carbons (Fsp3) is 0.188. The van der Waals surface area contributed by atoms with Crippen molar-refractivity contribution in [1.82, 2.24) is 4.90 Å². The zero-order valence-electron chi connectivity index (χ0n) is 10.7. The van der Waals surface area contributed by atoms with Crippen LogP contribution in [0.5, 0.6) is 0 Å². The topological polar surface area (TPSA) is 46.3 Å². The normalized spacial score (nSPS) is 13.4. The molecule has 1 amide bonds. The lowest BCUT2D eigenvalue weighted by Crippen LogP contribution is -2.25. The average molecular weight is 252 g/mol. The van der Waals surface area contributed by atoms with E-state index in [1.165, 1.54) is 11.1 Å². The van der Waals surface area contributed by atoms with Crippen molar-refractivity contribution in [2.24, 2.45) is 5.73 Å². The van der Waals surface area contributed by atoms with E-state index in [-0.39, 0.29) is 5.91 Å². The van der Waals surface area contributed by atoms with Crippen LogP contribution in [0.2, 0.25) is 0 Å². The Balaban J connectivity index is 1.83. The minimum absolute atomic E-state index is 0.0755. The van der Waals surface area contributed by atoms with Crippen molar-refractivity contribution in [3.8, 4) is 0 Å². The quantitative estimate of drug-likeness (QED) is 0.891. The van der Waals surface area contributed by atoms with E-state index in [1.807, 2.05) is 41.3 Å². The molecular formula is C16H16N2O. The fourth-order valence-electron chi connectivity index (χ4n) is 2.49. The van der Waals surface area contributed by atoms with Crippen molar-refractivity contribution in [1.29, 1.82) is 0 Å². The predicted molar refractivity (Wildman–Crippen MR) is 74.4 cm³/mol. The number of nitrogens with zero attached hydrogens (tertiary/aromatic N) is 1. The Hall–Kier alpha value is -2.13. The van der Waals surface area contributed by atoms with Gasteiger partial charge in [0, 0.05) is 25.2 Å². The highest BCUT2D eigenvalue weighted by atomic mass is 16.2. The molecule has 1 aliphatic heterocycles. The van der Waals surface area contributed by atoms with E-state index in [9.17, 15) is 4.79 Å². The molecule has 0 saturated carbocycles. The van der Waals surface area contributed by atoms with Gasteiger partial charge in [0.15, 0.2) is 0 Å².